The monoisotopic (exact) mass is 646 g/mol. The molecule has 0 aromatic heterocycles. The van der Waals surface area contributed by atoms with E-state index in [1.54, 1.807) is 0 Å². The maximum atomic E-state index is 2.41. The fourth-order valence-corrected chi connectivity index (χ4v) is 8.30. The lowest BCUT2D eigenvalue weighted by Crippen LogP contribution is -1.99. The highest BCUT2D eigenvalue weighted by atomic mass is 14.2. The van der Waals surface area contributed by atoms with Gasteiger partial charge < -0.3 is 0 Å². The van der Waals surface area contributed by atoms with Crippen molar-refractivity contribution in [2.45, 2.75) is 6.42 Å². The van der Waals surface area contributed by atoms with Gasteiger partial charge in [0.2, 0.25) is 0 Å². The van der Waals surface area contributed by atoms with E-state index < -0.39 is 0 Å². The summed E-state index contributed by atoms with van der Waals surface area (Å²) < 4.78 is 0. The van der Waals surface area contributed by atoms with E-state index >= 15 is 0 Å². The molecule has 0 fully saturated rings. The van der Waals surface area contributed by atoms with Gasteiger partial charge in [0.05, 0.1) is 0 Å². The van der Waals surface area contributed by atoms with E-state index in [4.69, 9.17) is 0 Å². The lowest BCUT2D eigenvalue weighted by molar-refractivity contribution is 1.28. The van der Waals surface area contributed by atoms with Crippen LogP contribution >= 0.6 is 0 Å². The molecule has 0 aliphatic heterocycles. The lowest BCUT2D eigenvalue weighted by atomic mass is 9.82. The van der Waals surface area contributed by atoms with Gasteiger partial charge in [0, 0.05) is 0 Å². The van der Waals surface area contributed by atoms with Crippen LogP contribution in [0.25, 0.3) is 93.7 Å². The fraction of sp³-hybridized carbons (Fsp3) is 0.0196. The van der Waals surface area contributed by atoms with Crippen LogP contribution in [-0.4, -0.2) is 0 Å². The first-order valence-electron chi connectivity index (χ1n) is 17.8. The number of fused-ring (bicyclic) bond motifs is 6. The molecule has 0 N–H and O–H groups in total. The predicted octanol–water partition coefficient (Wildman–Crippen LogP) is 14.1. The summed E-state index contributed by atoms with van der Waals surface area (Å²) >= 11 is 0. The van der Waals surface area contributed by atoms with Crippen molar-refractivity contribution >= 4 is 49.2 Å². The SMILES string of the molecule is C1=CCc2c(c(-c3cccc(-c4cc5ccccc5c5ccccc45)c3)c3ccccc3c2-c2ccc(-c3ccc4ccccc4c3)cc2)C=C1. The third-order valence-electron chi connectivity index (χ3n) is 10.7. The van der Waals surface area contributed by atoms with Crippen molar-refractivity contribution in [3.63, 3.8) is 0 Å². The van der Waals surface area contributed by atoms with Gasteiger partial charge in [-0.15, -0.1) is 0 Å². The summed E-state index contributed by atoms with van der Waals surface area (Å²) in [6.45, 7) is 0. The molecule has 0 saturated carbocycles. The highest BCUT2D eigenvalue weighted by Gasteiger charge is 2.21. The minimum absolute atomic E-state index is 0.872. The molecule has 0 heteroatoms. The fourth-order valence-electron chi connectivity index (χ4n) is 8.30. The second-order valence-electron chi connectivity index (χ2n) is 13.6. The zero-order valence-electron chi connectivity index (χ0n) is 28.2. The van der Waals surface area contributed by atoms with Crippen molar-refractivity contribution in [3.05, 3.63) is 199 Å². The van der Waals surface area contributed by atoms with Gasteiger partial charge >= 0.3 is 0 Å². The molecule has 1 aliphatic rings. The van der Waals surface area contributed by atoms with Crippen LogP contribution in [0.5, 0.6) is 0 Å². The molecule has 0 saturated heterocycles. The van der Waals surface area contributed by atoms with Crippen molar-refractivity contribution in [2.24, 2.45) is 0 Å². The van der Waals surface area contributed by atoms with Crippen LogP contribution in [-0.2, 0) is 6.42 Å². The van der Waals surface area contributed by atoms with Gasteiger partial charge in [-0.3, -0.25) is 0 Å². The largest absolute Gasteiger partial charge is 0.0801 e. The topological polar surface area (TPSA) is 0 Å². The Hall–Kier alpha value is -6.50. The molecular weight excluding hydrogens is 613 g/mol. The number of allylic oxidation sites excluding steroid dienone is 3. The van der Waals surface area contributed by atoms with Gasteiger partial charge in [-0.05, 0) is 123 Å². The van der Waals surface area contributed by atoms with Crippen LogP contribution in [0.4, 0.5) is 0 Å². The quantitative estimate of drug-likeness (QED) is 0.167. The smallest absolute Gasteiger partial charge is 0.00293 e. The molecule has 9 aromatic carbocycles. The summed E-state index contributed by atoms with van der Waals surface area (Å²) in [7, 11) is 0. The summed E-state index contributed by atoms with van der Waals surface area (Å²) in [4.78, 5) is 0. The van der Waals surface area contributed by atoms with Gasteiger partial charge in [-0.25, -0.2) is 0 Å². The summed E-state index contributed by atoms with van der Waals surface area (Å²) in [5.41, 5.74) is 12.7. The summed E-state index contributed by atoms with van der Waals surface area (Å²) in [5.74, 6) is 0. The Morgan fingerprint density at radius 1 is 0.333 bits per heavy atom. The Kier molecular flexibility index (Phi) is 6.99. The summed E-state index contributed by atoms with van der Waals surface area (Å²) in [6.07, 6.45) is 9.89. The van der Waals surface area contributed by atoms with E-state index in [9.17, 15) is 0 Å². The number of hydrogen-bond acceptors (Lipinski definition) is 0. The average Bonchev–Trinajstić information content (AvgIpc) is 3.45. The minimum Gasteiger partial charge on any atom is -0.0801 e. The highest BCUT2D eigenvalue weighted by Crippen LogP contribution is 2.45. The van der Waals surface area contributed by atoms with Crippen molar-refractivity contribution < 1.29 is 0 Å². The predicted molar refractivity (Wildman–Crippen MR) is 220 cm³/mol. The molecular formula is C51H34. The number of benzene rings is 9. The third kappa shape index (κ3) is 4.99. The first-order chi connectivity index (χ1) is 25.3. The number of rotatable bonds is 4. The second kappa shape index (κ2) is 12.1. The molecule has 1 aliphatic carbocycles. The van der Waals surface area contributed by atoms with E-state index in [-0.39, 0.29) is 0 Å². The third-order valence-corrected chi connectivity index (χ3v) is 10.7. The van der Waals surface area contributed by atoms with Crippen molar-refractivity contribution in [2.75, 3.05) is 0 Å². The summed E-state index contributed by atoms with van der Waals surface area (Å²) in [6, 6.07) is 62.6. The lowest BCUT2D eigenvalue weighted by Gasteiger charge is -2.22. The molecule has 0 bridgehead atoms. The Labute approximate surface area is 298 Å². The van der Waals surface area contributed by atoms with Gasteiger partial charge in [-0.2, -0.15) is 0 Å². The van der Waals surface area contributed by atoms with Crippen molar-refractivity contribution in [1.82, 2.24) is 0 Å². The van der Waals surface area contributed by atoms with Crippen molar-refractivity contribution in [3.8, 4) is 44.5 Å². The van der Waals surface area contributed by atoms with Gasteiger partial charge in [-0.1, -0.05) is 176 Å². The van der Waals surface area contributed by atoms with E-state index in [0.29, 0.717) is 0 Å². The van der Waals surface area contributed by atoms with Gasteiger partial charge in [0.15, 0.2) is 0 Å². The zero-order chi connectivity index (χ0) is 33.7. The maximum absolute atomic E-state index is 2.41. The molecule has 51 heavy (non-hydrogen) atoms. The van der Waals surface area contributed by atoms with Crippen LogP contribution in [0, 0.1) is 0 Å². The molecule has 0 radical (unpaired) electrons. The van der Waals surface area contributed by atoms with Crippen LogP contribution in [0.1, 0.15) is 11.1 Å². The maximum Gasteiger partial charge on any atom is -0.00293 e. The number of hydrogen-bond donors (Lipinski definition) is 0. The first kappa shape index (κ1) is 29.4. The molecule has 0 unspecified atom stereocenters. The zero-order valence-corrected chi connectivity index (χ0v) is 28.2. The molecule has 0 atom stereocenters. The molecule has 238 valence electrons. The first-order valence-corrected chi connectivity index (χ1v) is 17.8. The standard InChI is InChI=1S/C51H34/c1-2-21-45-47(22-3-1)51(41-17-12-16-39(32-41)49-33-40-15-6-7-18-42(40)43-19-8-9-20-44(43)49)48-24-11-10-23-46(48)50(45)36-28-25-35(26-29-36)38-30-27-34-13-4-5-14-37(34)31-38/h1-20,22-33H,21H2. The highest BCUT2D eigenvalue weighted by molar-refractivity contribution is 6.15. The molecule has 10 rings (SSSR count). The second-order valence-corrected chi connectivity index (χ2v) is 13.6. The summed E-state index contributed by atoms with van der Waals surface area (Å²) in [5, 5.41) is 10.2. The molecule has 0 nitrogen and oxygen atoms in total. The Morgan fingerprint density at radius 3 is 1.78 bits per heavy atom. The van der Waals surface area contributed by atoms with Crippen molar-refractivity contribution in [1.29, 1.82) is 0 Å². The molecule has 0 spiro atoms. The Morgan fingerprint density at radius 2 is 0.961 bits per heavy atom. The average molecular weight is 647 g/mol. The van der Waals surface area contributed by atoms with Crippen LogP contribution in [0.15, 0.2) is 188 Å². The normalized spacial score (nSPS) is 12.5. The van der Waals surface area contributed by atoms with E-state index in [0.717, 1.165) is 6.42 Å². The molecule has 9 aromatic rings. The molecule has 0 heterocycles. The van der Waals surface area contributed by atoms with Gasteiger partial charge in [0.25, 0.3) is 0 Å². The van der Waals surface area contributed by atoms with E-state index in [1.807, 2.05) is 0 Å². The Bertz CT molecular complexity index is 2860. The minimum atomic E-state index is 0.872. The van der Waals surface area contributed by atoms with Crippen LogP contribution < -0.4 is 0 Å². The Balaban J connectivity index is 1.15. The molecule has 0 amide bonds. The van der Waals surface area contributed by atoms with Crippen LogP contribution in [0.3, 0.4) is 0 Å². The van der Waals surface area contributed by atoms with Crippen LogP contribution in [0.2, 0.25) is 0 Å². The van der Waals surface area contributed by atoms with Gasteiger partial charge in [0.1, 0.15) is 0 Å². The van der Waals surface area contributed by atoms with E-state index in [1.165, 1.54) is 98.7 Å². The van der Waals surface area contributed by atoms with E-state index in [2.05, 4.69) is 194 Å².